The summed E-state index contributed by atoms with van der Waals surface area (Å²) < 4.78 is 4.03. The van der Waals surface area contributed by atoms with Crippen LogP contribution in [0.5, 0.6) is 0 Å². The Labute approximate surface area is 147 Å². The maximum atomic E-state index is 4.76. The van der Waals surface area contributed by atoms with Crippen LogP contribution in [0.1, 0.15) is 30.0 Å². The topological polar surface area (TPSA) is 64.7 Å². The molecule has 4 rings (SSSR count). The van der Waals surface area contributed by atoms with E-state index in [1.165, 1.54) is 5.56 Å². The Morgan fingerprint density at radius 2 is 1.96 bits per heavy atom. The smallest absolute Gasteiger partial charge is 0.155 e. The fourth-order valence-corrected chi connectivity index (χ4v) is 3.28. The number of aryl methyl sites for hydroxylation is 1. The van der Waals surface area contributed by atoms with Gasteiger partial charge in [0.25, 0.3) is 0 Å². The second-order valence-electron chi connectivity index (χ2n) is 6.35. The van der Waals surface area contributed by atoms with Crippen molar-refractivity contribution < 1.29 is 0 Å². The Hall–Kier alpha value is -2.54. The summed E-state index contributed by atoms with van der Waals surface area (Å²) in [7, 11) is 0. The van der Waals surface area contributed by atoms with E-state index in [1.807, 2.05) is 10.7 Å². The Kier molecular flexibility index (Phi) is 4.56. The standard InChI is InChI=1S/C18H23N7/c1-2-24-18(19-14-20-24)13-23-9-8-17-21-16(22-25(17)11-10-23)12-15-6-4-3-5-7-15/h3-7,14H,2,8-13H2,1H3. The number of aromatic nitrogens is 6. The van der Waals surface area contributed by atoms with Crippen molar-refractivity contribution in [2.75, 3.05) is 13.1 Å². The molecule has 0 unspecified atom stereocenters. The van der Waals surface area contributed by atoms with E-state index in [4.69, 9.17) is 10.1 Å². The van der Waals surface area contributed by atoms with Crippen LogP contribution in [-0.2, 0) is 32.5 Å². The molecule has 25 heavy (non-hydrogen) atoms. The van der Waals surface area contributed by atoms with Gasteiger partial charge in [0.2, 0.25) is 0 Å². The number of fused-ring (bicyclic) bond motifs is 1. The lowest BCUT2D eigenvalue weighted by molar-refractivity contribution is 0.257. The minimum absolute atomic E-state index is 0.796. The zero-order valence-corrected chi connectivity index (χ0v) is 14.5. The monoisotopic (exact) mass is 337 g/mol. The van der Waals surface area contributed by atoms with Crippen LogP contribution in [-0.4, -0.2) is 47.5 Å². The van der Waals surface area contributed by atoms with Gasteiger partial charge in [0.1, 0.15) is 18.0 Å². The summed E-state index contributed by atoms with van der Waals surface area (Å²) in [6.45, 7) is 6.58. The number of nitrogens with zero attached hydrogens (tertiary/aromatic N) is 7. The molecule has 0 bridgehead atoms. The third-order valence-electron chi connectivity index (χ3n) is 4.64. The van der Waals surface area contributed by atoms with Crippen molar-refractivity contribution in [3.05, 3.63) is 59.7 Å². The highest BCUT2D eigenvalue weighted by Gasteiger charge is 2.19. The van der Waals surface area contributed by atoms with Crippen molar-refractivity contribution in [3.8, 4) is 0 Å². The molecule has 3 heterocycles. The van der Waals surface area contributed by atoms with Crippen LogP contribution in [0.4, 0.5) is 0 Å². The Morgan fingerprint density at radius 3 is 2.80 bits per heavy atom. The van der Waals surface area contributed by atoms with Crippen molar-refractivity contribution in [1.29, 1.82) is 0 Å². The van der Waals surface area contributed by atoms with Gasteiger partial charge in [-0.15, -0.1) is 0 Å². The van der Waals surface area contributed by atoms with Gasteiger partial charge < -0.3 is 0 Å². The van der Waals surface area contributed by atoms with Crippen LogP contribution >= 0.6 is 0 Å². The average Bonchev–Trinajstić information content (AvgIpc) is 3.20. The first kappa shape index (κ1) is 16.0. The van der Waals surface area contributed by atoms with E-state index in [-0.39, 0.29) is 0 Å². The van der Waals surface area contributed by atoms with E-state index in [2.05, 4.69) is 50.9 Å². The number of hydrogen-bond acceptors (Lipinski definition) is 5. The van der Waals surface area contributed by atoms with Crippen LogP contribution < -0.4 is 0 Å². The third kappa shape index (κ3) is 3.61. The summed E-state index contributed by atoms with van der Waals surface area (Å²) in [5, 5.41) is 8.97. The van der Waals surface area contributed by atoms with E-state index in [9.17, 15) is 0 Å². The van der Waals surface area contributed by atoms with Gasteiger partial charge in [-0.05, 0) is 12.5 Å². The normalized spacial score (nSPS) is 15.1. The van der Waals surface area contributed by atoms with Gasteiger partial charge in [-0.1, -0.05) is 30.3 Å². The summed E-state index contributed by atoms with van der Waals surface area (Å²) >= 11 is 0. The first-order valence-electron chi connectivity index (χ1n) is 8.87. The van der Waals surface area contributed by atoms with Gasteiger partial charge in [-0.2, -0.15) is 10.2 Å². The van der Waals surface area contributed by atoms with Crippen LogP contribution in [0, 0.1) is 0 Å². The maximum Gasteiger partial charge on any atom is 0.155 e. The second kappa shape index (κ2) is 7.14. The molecular weight excluding hydrogens is 314 g/mol. The number of hydrogen-bond donors (Lipinski definition) is 0. The highest BCUT2D eigenvalue weighted by atomic mass is 15.4. The van der Waals surface area contributed by atoms with E-state index < -0.39 is 0 Å². The molecule has 1 aliphatic heterocycles. The Morgan fingerprint density at radius 1 is 1.08 bits per heavy atom. The third-order valence-corrected chi connectivity index (χ3v) is 4.64. The molecule has 0 saturated heterocycles. The lowest BCUT2D eigenvalue weighted by Crippen LogP contribution is -2.28. The van der Waals surface area contributed by atoms with E-state index in [0.29, 0.717) is 0 Å². The largest absolute Gasteiger partial charge is 0.294 e. The molecule has 1 aliphatic rings. The summed E-state index contributed by atoms with van der Waals surface area (Å²) in [5.74, 6) is 3.03. The van der Waals surface area contributed by atoms with E-state index in [0.717, 1.165) is 63.0 Å². The molecule has 2 aromatic heterocycles. The molecule has 0 amide bonds. The van der Waals surface area contributed by atoms with Crippen molar-refractivity contribution in [2.24, 2.45) is 0 Å². The van der Waals surface area contributed by atoms with Crippen LogP contribution in [0.15, 0.2) is 36.7 Å². The Balaban J connectivity index is 1.40. The first-order valence-corrected chi connectivity index (χ1v) is 8.87. The molecule has 0 fully saturated rings. The quantitative estimate of drug-likeness (QED) is 0.707. The fraction of sp³-hybridized carbons (Fsp3) is 0.444. The van der Waals surface area contributed by atoms with E-state index >= 15 is 0 Å². The van der Waals surface area contributed by atoms with Crippen molar-refractivity contribution in [2.45, 2.75) is 39.4 Å². The summed E-state index contributed by atoms with van der Waals surface area (Å²) in [5.41, 5.74) is 1.25. The van der Waals surface area contributed by atoms with Crippen LogP contribution in [0.25, 0.3) is 0 Å². The molecule has 3 aromatic rings. The molecular formula is C18H23N7. The van der Waals surface area contributed by atoms with Crippen molar-refractivity contribution in [3.63, 3.8) is 0 Å². The minimum Gasteiger partial charge on any atom is -0.294 e. The van der Waals surface area contributed by atoms with Gasteiger partial charge in [0.05, 0.1) is 13.1 Å². The van der Waals surface area contributed by atoms with Crippen molar-refractivity contribution >= 4 is 0 Å². The SMILES string of the molecule is CCn1ncnc1CN1CCc2nc(Cc3ccccc3)nn2CC1. The summed E-state index contributed by atoms with van der Waals surface area (Å²) in [6, 6.07) is 10.4. The molecule has 0 atom stereocenters. The first-order chi connectivity index (χ1) is 12.3. The summed E-state index contributed by atoms with van der Waals surface area (Å²) in [6.07, 6.45) is 3.35. The zero-order valence-electron chi connectivity index (χ0n) is 14.5. The second-order valence-corrected chi connectivity index (χ2v) is 6.35. The molecule has 0 N–H and O–H groups in total. The molecule has 130 valence electrons. The van der Waals surface area contributed by atoms with Gasteiger partial charge in [-0.25, -0.2) is 19.3 Å². The van der Waals surface area contributed by atoms with E-state index in [1.54, 1.807) is 6.33 Å². The molecule has 0 radical (unpaired) electrons. The van der Waals surface area contributed by atoms with Crippen LogP contribution in [0.3, 0.4) is 0 Å². The molecule has 7 heteroatoms. The van der Waals surface area contributed by atoms with Gasteiger partial charge in [0, 0.05) is 32.5 Å². The zero-order chi connectivity index (χ0) is 17.1. The molecule has 7 nitrogen and oxygen atoms in total. The molecule has 0 aliphatic carbocycles. The van der Waals surface area contributed by atoms with Gasteiger partial charge in [-0.3, -0.25) is 4.90 Å². The van der Waals surface area contributed by atoms with Crippen molar-refractivity contribution in [1.82, 2.24) is 34.4 Å². The minimum atomic E-state index is 0.796. The molecule has 0 saturated carbocycles. The average molecular weight is 337 g/mol. The fourth-order valence-electron chi connectivity index (χ4n) is 3.28. The lowest BCUT2D eigenvalue weighted by Gasteiger charge is -2.18. The summed E-state index contributed by atoms with van der Waals surface area (Å²) in [4.78, 5) is 11.6. The Bertz CT molecular complexity index is 796. The number of benzene rings is 1. The highest BCUT2D eigenvalue weighted by Crippen LogP contribution is 2.12. The lowest BCUT2D eigenvalue weighted by atomic mass is 10.1. The highest BCUT2D eigenvalue weighted by molar-refractivity contribution is 5.18. The van der Waals surface area contributed by atoms with Gasteiger partial charge in [0.15, 0.2) is 5.82 Å². The van der Waals surface area contributed by atoms with Crippen LogP contribution in [0.2, 0.25) is 0 Å². The van der Waals surface area contributed by atoms with Gasteiger partial charge >= 0.3 is 0 Å². The molecule has 1 aromatic carbocycles. The number of rotatable bonds is 5. The maximum absolute atomic E-state index is 4.76. The predicted octanol–water partition coefficient (Wildman–Crippen LogP) is 1.54. The molecule has 0 spiro atoms. The predicted molar refractivity (Wildman–Crippen MR) is 93.9 cm³/mol.